The van der Waals surface area contributed by atoms with E-state index in [4.69, 9.17) is 5.73 Å². The van der Waals surface area contributed by atoms with Gasteiger partial charge in [-0.05, 0) is 45.0 Å². The van der Waals surface area contributed by atoms with Gasteiger partial charge in [-0.3, -0.25) is 14.5 Å². The second-order valence-corrected chi connectivity index (χ2v) is 7.02. The highest BCUT2D eigenvalue weighted by Crippen LogP contribution is 2.36. The quantitative estimate of drug-likeness (QED) is 0.860. The minimum Gasteiger partial charge on any atom is -0.384 e. The van der Waals surface area contributed by atoms with Gasteiger partial charge in [-0.1, -0.05) is 6.92 Å². The molecule has 1 saturated heterocycles. The molecule has 136 valence electrons. The van der Waals surface area contributed by atoms with Crippen LogP contribution in [0.2, 0.25) is 0 Å². The summed E-state index contributed by atoms with van der Waals surface area (Å²) in [5, 5.41) is 4.39. The molecule has 0 saturated carbocycles. The standard InChI is InChI=1S/C18H29N7/c1-4-25-9-5-6-14(18(25)15-10-21-24(3)12-15)11-23(2)13-17-20-8-7-16(19)22-17/h7-8,10,12,14,18H,4-6,9,11,13H2,1-3H3,(H2,19,20,22)/t14-,18+/m0/s1. The van der Waals surface area contributed by atoms with Crippen molar-refractivity contribution in [2.75, 3.05) is 32.4 Å². The van der Waals surface area contributed by atoms with Gasteiger partial charge >= 0.3 is 0 Å². The monoisotopic (exact) mass is 343 g/mol. The van der Waals surface area contributed by atoms with Crippen LogP contribution < -0.4 is 5.73 Å². The Kier molecular flexibility index (Phi) is 5.65. The second kappa shape index (κ2) is 7.93. The van der Waals surface area contributed by atoms with Crippen molar-refractivity contribution in [1.82, 2.24) is 29.5 Å². The van der Waals surface area contributed by atoms with Crippen molar-refractivity contribution in [2.45, 2.75) is 32.4 Å². The van der Waals surface area contributed by atoms with Crippen molar-refractivity contribution >= 4 is 5.82 Å². The van der Waals surface area contributed by atoms with Crippen molar-refractivity contribution in [3.63, 3.8) is 0 Å². The number of aryl methyl sites for hydroxylation is 1. The van der Waals surface area contributed by atoms with Gasteiger partial charge < -0.3 is 5.73 Å². The Bertz CT molecular complexity index is 684. The summed E-state index contributed by atoms with van der Waals surface area (Å²) < 4.78 is 1.90. The molecule has 1 fully saturated rings. The molecule has 0 amide bonds. The zero-order valence-electron chi connectivity index (χ0n) is 15.5. The SMILES string of the molecule is CCN1CCC[C@@H](CN(C)Cc2nccc(N)n2)[C@@H]1c1cnn(C)c1. The van der Waals surface area contributed by atoms with Crippen LogP contribution in [-0.4, -0.2) is 56.2 Å². The first-order valence-electron chi connectivity index (χ1n) is 9.05. The summed E-state index contributed by atoms with van der Waals surface area (Å²) in [6.07, 6.45) is 8.39. The smallest absolute Gasteiger partial charge is 0.144 e. The number of piperidine rings is 1. The normalized spacial score (nSPS) is 21.8. The topological polar surface area (TPSA) is 76.1 Å². The van der Waals surface area contributed by atoms with Crippen LogP contribution in [0.4, 0.5) is 5.82 Å². The highest BCUT2D eigenvalue weighted by atomic mass is 15.3. The van der Waals surface area contributed by atoms with Crippen LogP contribution in [0, 0.1) is 5.92 Å². The molecule has 2 aromatic heterocycles. The van der Waals surface area contributed by atoms with Crippen molar-refractivity contribution in [2.24, 2.45) is 13.0 Å². The summed E-state index contributed by atoms with van der Waals surface area (Å²) in [6.45, 7) is 6.20. The Morgan fingerprint density at radius 2 is 2.24 bits per heavy atom. The molecule has 0 aliphatic carbocycles. The maximum atomic E-state index is 5.77. The molecule has 0 unspecified atom stereocenters. The van der Waals surface area contributed by atoms with Crippen molar-refractivity contribution < 1.29 is 0 Å². The summed E-state index contributed by atoms with van der Waals surface area (Å²) in [6, 6.07) is 2.15. The summed E-state index contributed by atoms with van der Waals surface area (Å²) in [5.41, 5.74) is 7.09. The maximum Gasteiger partial charge on any atom is 0.144 e. The minimum atomic E-state index is 0.427. The van der Waals surface area contributed by atoms with Gasteiger partial charge in [0.15, 0.2) is 0 Å². The summed E-state index contributed by atoms with van der Waals surface area (Å²) in [4.78, 5) is 13.5. The third-order valence-corrected chi connectivity index (χ3v) is 5.02. The number of anilines is 1. The Hall–Kier alpha value is -1.99. The molecule has 7 heteroatoms. The fourth-order valence-corrected chi connectivity index (χ4v) is 3.97. The summed E-state index contributed by atoms with van der Waals surface area (Å²) in [7, 11) is 4.12. The molecule has 1 aliphatic rings. The average molecular weight is 343 g/mol. The van der Waals surface area contributed by atoms with Crippen molar-refractivity contribution in [1.29, 1.82) is 0 Å². The predicted molar refractivity (Wildman–Crippen MR) is 98.7 cm³/mol. The van der Waals surface area contributed by atoms with Gasteiger partial charge in [0.2, 0.25) is 0 Å². The first kappa shape index (κ1) is 17.8. The molecule has 3 heterocycles. The molecular weight excluding hydrogens is 314 g/mol. The van der Waals surface area contributed by atoms with Crippen LogP contribution in [-0.2, 0) is 13.6 Å². The third-order valence-electron chi connectivity index (χ3n) is 5.02. The fraction of sp³-hybridized carbons (Fsp3) is 0.611. The number of aromatic nitrogens is 4. The molecule has 2 N–H and O–H groups in total. The first-order chi connectivity index (χ1) is 12.1. The number of nitrogens with zero attached hydrogens (tertiary/aromatic N) is 6. The molecule has 3 rings (SSSR count). The lowest BCUT2D eigenvalue weighted by molar-refractivity contribution is 0.0744. The van der Waals surface area contributed by atoms with Gasteiger partial charge in [0.1, 0.15) is 11.6 Å². The van der Waals surface area contributed by atoms with E-state index in [0.29, 0.717) is 24.3 Å². The predicted octanol–water partition coefficient (Wildman–Crippen LogP) is 1.70. The van der Waals surface area contributed by atoms with Gasteiger partial charge in [-0.15, -0.1) is 0 Å². The second-order valence-electron chi connectivity index (χ2n) is 7.02. The maximum absolute atomic E-state index is 5.77. The lowest BCUT2D eigenvalue weighted by Gasteiger charge is -2.42. The fourth-order valence-electron chi connectivity index (χ4n) is 3.97. The molecule has 7 nitrogen and oxygen atoms in total. The van der Waals surface area contributed by atoms with Crippen molar-refractivity contribution in [3.05, 3.63) is 36.0 Å². The van der Waals surface area contributed by atoms with Crippen LogP contribution in [0.15, 0.2) is 24.7 Å². The lowest BCUT2D eigenvalue weighted by Crippen LogP contribution is -2.42. The number of likely N-dealkylation sites (tertiary alicyclic amines) is 1. The van der Waals surface area contributed by atoms with E-state index < -0.39 is 0 Å². The first-order valence-corrected chi connectivity index (χ1v) is 9.05. The van der Waals surface area contributed by atoms with E-state index in [2.05, 4.69) is 45.0 Å². The zero-order valence-corrected chi connectivity index (χ0v) is 15.5. The van der Waals surface area contributed by atoms with E-state index in [1.165, 1.54) is 18.4 Å². The highest BCUT2D eigenvalue weighted by Gasteiger charge is 2.33. The van der Waals surface area contributed by atoms with Gasteiger partial charge in [-0.2, -0.15) is 5.10 Å². The van der Waals surface area contributed by atoms with Crippen LogP contribution in [0.5, 0.6) is 0 Å². The van der Waals surface area contributed by atoms with E-state index >= 15 is 0 Å². The van der Waals surface area contributed by atoms with Crippen molar-refractivity contribution in [3.8, 4) is 0 Å². The molecular formula is C18H29N7. The van der Waals surface area contributed by atoms with Crippen LogP contribution in [0.25, 0.3) is 0 Å². The Labute approximate surface area is 149 Å². The van der Waals surface area contributed by atoms with E-state index in [0.717, 1.165) is 25.5 Å². The Morgan fingerprint density at radius 1 is 1.40 bits per heavy atom. The lowest BCUT2D eigenvalue weighted by atomic mass is 9.85. The number of hydrogen-bond acceptors (Lipinski definition) is 6. The van der Waals surface area contributed by atoms with Crippen LogP contribution >= 0.6 is 0 Å². The Balaban J connectivity index is 1.71. The number of hydrogen-bond donors (Lipinski definition) is 1. The zero-order chi connectivity index (χ0) is 17.8. The molecule has 2 aromatic rings. The summed E-state index contributed by atoms with van der Waals surface area (Å²) in [5.74, 6) is 1.88. The molecule has 25 heavy (non-hydrogen) atoms. The molecule has 0 bridgehead atoms. The number of nitrogens with two attached hydrogens (primary N) is 1. The van der Waals surface area contributed by atoms with Gasteiger partial charge in [0, 0.05) is 37.6 Å². The van der Waals surface area contributed by atoms with E-state index in [1.54, 1.807) is 12.3 Å². The average Bonchev–Trinajstić information content (AvgIpc) is 3.00. The minimum absolute atomic E-state index is 0.427. The van der Waals surface area contributed by atoms with Crippen LogP contribution in [0.1, 0.15) is 37.2 Å². The molecule has 0 radical (unpaired) electrons. The summed E-state index contributed by atoms with van der Waals surface area (Å²) >= 11 is 0. The van der Waals surface area contributed by atoms with Crippen LogP contribution in [0.3, 0.4) is 0 Å². The third kappa shape index (κ3) is 4.35. The van der Waals surface area contributed by atoms with E-state index in [1.807, 2.05) is 17.9 Å². The van der Waals surface area contributed by atoms with Gasteiger partial charge in [0.25, 0.3) is 0 Å². The molecule has 1 aliphatic heterocycles. The highest BCUT2D eigenvalue weighted by molar-refractivity contribution is 5.25. The molecule has 0 spiro atoms. The van der Waals surface area contributed by atoms with Gasteiger partial charge in [-0.25, -0.2) is 9.97 Å². The van der Waals surface area contributed by atoms with E-state index in [9.17, 15) is 0 Å². The largest absolute Gasteiger partial charge is 0.384 e. The molecule has 0 aromatic carbocycles. The van der Waals surface area contributed by atoms with E-state index in [-0.39, 0.29) is 0 Å². The Morgan fingerprint density at radius 3 is 2.92 bits per heavy atom. The number of rotatable bonds is 6. The number of nitrogen functional groups attached to an aromatic ring is 1. The molecule has 2 atom stereocenters. The van der Waals surface area contributed by atoms with Gasteiger partial charge in [0.05, 0.1) is 12.7 Å².